The van der Waals surface area contributed by atoms with Crippen LogP contribution in [0.2, 0.25) is 0 Å². The number of aliphatic hydroxyl groups is 1. The van der Waals surface area contributed by atoms with Crippen LogP contribution in [-0.4, -0.2) is 23.2 Å². The van der Waals surface area contributed by atoms with Crippen molar-refractivity contribution < 1.29 is 9.90 Å². The van der Waals surface area contributed by atoms with Crippen molar-refractivity contribution in [2.75, 3.05) is 6.54 Å². The second-order valence-corrected chi connectivity index (χ2v) is 4.55. The fourth-order valence-corrected chi connectivity index (χ4v) is 1.59. The molecule has 1 aromatic carbocycles. The van der Waals surface area contributed by atoms with Crippen molar-refractivity contribution in [3.05, 3.63) is 35.9 Å². The molecular formula is C15H19NO2. The summed E-state index contributed by atoms with van der Waals surface area (Å²) in [6.07, 6.45) is 1.53. The van der Waals surface area contributed by atoms with Crippen LogP contribution in [0.25, 0.3) is 0 Å². The molecule has 96 valence electrons. The monoisotopic (exact) mass is 245 g/mol. The van der Waals surface area contributed by atoms with E-state index in [1.165, 1.54) is 0 Å². The van der Waals surface area contributed by atoms with E-state index in [4.69, 9.17) is 0 Å². The van der Waals surface area contributed by atoms with Crippen LogP contribution >= 0.6 is 0 Å². The van der Waals surface area contributed by atoms with Gasteiger partial charge in [-0.3, -0.25) is 4.79 Å². The summed E-state index contributed by atoms with van der Waals surface area (Å²) in [6.45, 7) is 3.93. The Bertz CT molecular complexity index is 441. The molecule has 18 heavy (non-hydrogen) atoms. The predicted molar refractivity (Wildman–Crippen MR) is 71.9 cm³/mol. The lowest BCUT2D eigenvalue weighted by Crippen LogP contribution is -2.40. The van der Waals surface area contributed by atoms with Gasteiger partial charge in [-0.15, -0.1) is 0 Å². The third-order valence-electron chi connectivity index (χ3n) is 2.51. The van der Waals surface area contributed by atoms with Gasteiger partial charge in [0.15, 0.2) is 0 Å². The molecule has 3 heteroatoms. The van der Waals surface area contributed by atoms with Gasteiger partial charge in [0, 0.05) is 18.0 Å². The molecule has 0 fully saturated rings. The lowest BCUT2D eigenvalue weighted by molar-refractivity contribution is -0.116. The zero-order valence-corrected chi connectivity index (χ0v) is 10.9. The Hall–Kier alpha value is -1.79. The lowest BCUT2D eigenvalue weighted by Gasteiger charge is -2.22. The molecule has 0 saturated carbocycles. The molecule has 0 aromatic heterocycles. The van der Waals surface area contributed by atoms with Crippen LogP contribution in [0.3, 0.4) is 0 Å². The summed E-state index contributed by atoms with van der Waals surface area (Å²) in [5.74, 6) is 4.91. The van der Waals surface area contributed by atoms with Crippen LogP contribution in [0.4, 0.5) is 0 Å². The molecule has 3 nitrogen and oxygen atoms in total. The minimum absolute atomic E-state index is 0.225. The summed E-state index contributed by atoms with van der Waals surface area (Å²) in [6, 6.07) is 9.32. The lowest BCUT2D eigenvalue weighted by atomic mass is 10.0. The summed E-state index contributed by atoms with van der Waals surface area (Å²) in [4.78, 5) is 11.5. The van der Waals surface area contributed by atoms with E-state index in [9.17, 15) is 9.90 Å². The highest BCUT2D eigenvalue weighted by Crippen LogP contribution is 2.09. The van der Waals surface area contributed by atoms with Crippen molar-refractivity contribution in [1.82, 2.24) is 5.32 Å². The third kappa shape index (κ3) is 5.51. The van der Waals surface area contributed by atoms with E-state index >= 15 is 0 Å². The molecule has 0 aliphatic rings. The Labute approximate surface area is 108 Å². The van der Waals surface area contributed by atoms with Gasteiger partial charge in [0.1, 0.15) is 0 Å². The van der Waals surface area contributed by atoms with Gasteiger partial charge in [-0.25, -0.2) is 0 Å². The maximum atomic E-state index is 11.5. The molecule has 1 unspecified atom stereocenters. The van der Waals surface area contributed by atoms with E-state index in [0.717, 1.165) is 12.0 Å². The van der Waals surface area contributed by atoms with E-state index in [1.807, 2.05) is 37.3 Å². The Balaban J connectivity index is 2.46. The highest BCUT2D eigenvalue weighted by molar-refractivity contribution is 5.94. The van der Waals surface area contributed by atoms with Crippen LogP contribution in [-0.2, 0) is 4.79 Å². The maximum absolute atomic E-state index is 11.5. The first-order valence-electron chi connectivity index (χ1n) is 6.11. The molecular weight excluding hydrogens is 226 g/mol. The highest BCUT2D eigenvalue weighted by atomic mass is 16.3. The van der Waals surface area contributed by atoms with Crippen molar-refractivity contribution in [3.63, 3.8) is 0 Å². The van der Waals surface area contributed by atoms with Gasteiger partial charge in [0.25, 0.3) is 5.91 Å². The first-order valence-corrected chi connectivity index (χ1v) is 6.11. The normalized spacial score (nSPS) is 13.1. The van der Waals surface area contributed by atoms with Gasteiger partial charge in [-0.1, -0.05) is 37.5 Å². The zero-order chi connectivity index (χ0) is 13.4. The van der Waals surface area contributed by atoms with Crippen LogP contribution < -0.4 is 5.32 Å². The minimum atomic E-state index is -0.862. The smallest absolute Gasteiger partial charge is 0.296 e. The molecule has 1 rings (SSSR count). The van der Waals surface area contributed by atoms with Crippen LogP contribution in [0, 0.1) is 11.8 Å². The molecule has 0 bridgehead atoms. The Kier molecular flexibility index (Phi) is 5.41. The van der Waals surface area contributed by atoms with E-state index in [-0.39, 0.29) is 12.5 Å². The number of benzene rings is 1. The summed E-state index contributed by atoms with van der Waals surface area (Å²) in [5, 5.41) is 12.5. The molecule has 0 radical (unpaired) electrons. The van der Waals surface area contributed by atoms with Gasteiger partial charge in [-0.05, 0) is 25.5 Å². The Morgan fingerprint density at radius 3 is 2.67 bits per heavy atom. The number of carbonyl (C=O) groups excluding carboxylic acids is 1. The SMILES string of the molecule is CCCC(C)(O)CNC(=O)C#Cc1ccccc1. The van der Waals surface area contributed by atoms with Gasteiger partial charge in [0.2, 0.25) is 0 Å². The van der Waals surface area contributed by atoms with Gasteiger partial charge in [0.05, 0.1) is 5.60 Å². The van der Waals surface area contributed by atoms with Crippen molar-refractivity contribution in [2.45, 2.75) is 32.3 Å². The van der Waals surface area contributed by atoms with E-state index in [2.05, 4.69) is 17.2 Å². The summed E-state index contributed by atoms with van der Waals surface area (Å²) in [5.41, 5.74) is -0.0632. The summed E-state index contributed by atoms with van der Waals surface area (Å²) >= 11 is 0. The quantitative estimate of drug-likeness (QED) is 0.793. The average molecular weight is 245 g/mol. The number of amides is 1. The predicted octanol–water partition coefficient (Wildman–Crippen LogP) is 1.71. The van der Waals surface area contributed by atoms with Gasteiger partial charge < -0.3 is 10.4 Å². The Morgan fingerprint density at radius 2 is 2.06 bits per heavy atom. The largest absolute Gasteiger partial charge is 0.388 e. The van der Waals surface area contributed by atoms with Crippen molar-refractivity contribution in [1.29, 1.82) is 0 Å². The molecule has 1 aromatic rings. The number of hydrogen-bond donors (Lipinski definition) is 2. The van der Waals surface area contributed by atoms with Crippen LogP contribution in [0.15, 0.2) is 30.3 Å². The first-order chi connectivity index (χ1) is 8.53. The van der Waals surface area contributed by atoms with Crippen molar-refractivity contribution >= 4 is 5.91 Å². The third-order valence-corrected chi connectivity index (χ3v) is 2.51. The summed E-state index contributed by atoms with van der Waals surface area (Å²) in [7, 11) is 0. The van der Waals surface area contributed by atoms with Crippen molar-refractivity contribution in [2.24, 2.45) is 0 Å². The molecule has 0 aliphatic heterocycles. The topological polar surface area (TPSA) is 49.3 Å². The van der Waals surface area contributed by atoms with Crippen LogP contribution in [0.5, 0.6) is 0 Å². The maximum Gasteiger partial charge on any atom is 0.296 e. The van der Waals surface area contributed by atoms with E-state index < -0.39 is 5.60 Å². The molecule has 0 spiro atoms. The number of carbonyl (C=O) groups is 1. The minimum Gasteiger partial charge on any atom is -0.388 e. The van der Waals surface area contributed by atoms with Crippen LogP contribution in [0.1, 0.15) is 32.3 Å². The molecule has 2 N–H and O–H groups in total. The second-order valence-electron chi connectivity index (χ2n) is 4.55. The standard InChI is InChI=1S/C15H19NO2/c1-3-11-15(2,18)12-16-14(17)10-9-13-7-5-4-6-8-13/h4-8,18H,3,11-12H2,1-2H3,(H,16,17). The van der Waals surface area contributed by atoms with Crippen molar-refractivity contribution in [3.8, 4) is 11.8 Å². The zero-order valence-electron chi connectivity index (χ0n) is 10.9. The number of rotatable bonds is 4. The first kappa shape index (κ1) is 14.3. The van der Waals surface area contributed by atoms with E-state index in [1.54, 1.807) is 6.92 Å². The summed E-state index contributed by atoms with van der Waals surface area (Å²) < 4.78 is 0. The highest BCUT2D eigenvalue weighted by Gasteiger charge is 2.19. The fraction of sp³-hybridized carbons (Fsp3) is 0.400. The fourth-order valence-electron chi connectivity index (χ4n) is 1.59. The molecule has 0 saturated heterocycles. The van der Waals surface area contributed by atoms with Gasteiger partial charge in [-0.2, -0.15) is 0 Å². The average Bonchev–Trinajstić information content (AvgIpc) is 2.35. The second kappa shape index (κ2) is 6.83. The molecule has 1 amide bonds. The van der Waals surface area contributed by atoms with Gasteiger partial charge >= 0.3 is 0 Å². The number of nitrogens with one attached hydrogen (secondary N) is 1. The Morgan fingerprint density at radius 1 is 1.39 bits per heavy atom. The molecule has 0 heterocycles. The number of hydrogen-bond acceptors (Lipinski definition) is 2. The molecule has 1 atom stereocenters. The molecule has 0 aliphatic carbocycles. The van der Waals surface area contributed by atoms with E-state index in [0.29, 0.717) is 6.42 Å².